The number of hydrogen-bond acceptors (Lipinski definition) is 3. The van der Waals surface area contributed by atoms with Crippen LogP contribution in [0.25, 0.3) is 0 Å². The third-order valence-electron chi connectivity index (χ3n) is 2.32. The van der Waals surface area contributed by atoms with Crippen molar-refractivity contribution in [3.63, 3.8) is 0 Å². The average Bonchev–Trinajstić information content (AvgIpc) is 2.21. The zero-order chi connectivity index (χ0) is 12.6. The average molecular weight is 265 g/mol. The number of unbranched alkanes of at least 4 members (excludes halogenated alkanes) is 2. The molecule has 0 amide bonds. The van der Waals surface area contributed by atoms with Crippen molar-refractivity contribution in [3.05, 3.63) is 0 Å². The van der Waals surface area contributed by atoms with Crippen LogP contribution >= 0.6 is 12.6 Å². The number of ether oxygens (including phenoxy) is 1. The second-order valence-corrected chi connectivity index (χ2v) is 7.74. The normalized spacial score (nSPS) is 13.2. The molecule has 1 atom stereocenters. The number of hydrogen-bond donors (Lipinski definition) is 1. The van der Waals surface area contributed by atoms with Gasteiger partial charge in [-0.25, -0.2) is 4.79 Å². The van der Waals surface area contributed by atoms with Crippen LogP contribution in [0, 0.1) is 5.92 Å². The Bertz CT molecular complexity index is 193. The highest BCUT2D eigenvalue weighted by atomic mass is 32.2. The maximum atomic E-state index is 11.4. The fourth-order valence-corrected chi connectivity index (χ4v) is 1.80. The summed E-state index contributed by atoms with van der Waals surface area (Å²) < 4.78 is 4.91. The lowest BCUT2D eigenvalue weighted by atomic mass is 10.1. The summed E-state index contributed by atoms with van der Waals surface area (Å²) in [6, 6.07) is 0. The van der Waals surface area contributed by atoms with Crippen molar-refractivity contribution in [2.75, 3.05) is 19.1 Å². The van der Waals surface area contributed by atoms with Gasteiger partial charge in [0.2, 0.25) is 0 Å². The third kappa shape index (κ3) is 8.34. The highest BCUT2D eigenvalue weighted by Crippen LogP contribution is 2.10. The van der Waals surface area contributed by atoms with Gasteiger partial charge in [0.25, 0.3) is 4.58 Å². The molecule has 0 aromatic heterocycles. The monoisotopic (exact) mass is 265 g/mol. The smallest absolute Gasteiger partial charge is 0.370 e. The summed E-state index contributed by atoms with van der Waals surface area (Å²) in [6.07, 6.45) is 8.61. The van der Waals surface area contributed by atoms with E-state index in [0.29, 0.717) is 6.61 Å². The zero-order valence-electron chi connectivity index (χ0n) is 10.9. The molecule has 0 aliphatic heterocycles. The lowest BCUT2D eigenvalue weighted by Gasteiger charge is -2.08. The third-order valence-corrected chi connectivity index (χ3v) is 4.88. The molecule has 96 valence electrons. The summed E-state index contributed by atoms with van der Waals surface area (Å²) in [5.74, 6) is 0.604. The van der Waals surface area contributed by atoms with Gasteiger partial charge < -0.3 is 4.74 Å². The molecule has 0 N–H and O–H groups in total. The van der Waals surface area contributed by atoms with E-state index in [1.807, 2.05) is 12.5 Å². The van der Waals surface area contributed by atoms with Crippen molar-refractivity contribution in [2.45, 2.75) is 44.1 Å². The molecule has 0 aromatic carbocycles. The van der Waals surface area contributed by atoms with Gasteiger partial charge in [-0.1, -0.05) is 33.1 Å². The fourth-order valence-electron chi connectivity index (χ4n) is 1.27. The molecule has 1 unspecified atom stereocenters. The summed E-state index contributed by atoms with van der Waals surface area (Å²) in [5.41, 5.74) is 0. The van der Waals surface area contributed by atoms with E-state index >= 15 is 0 Å². The lowest BCUT2D eigenvalue weighted by Crippen LogP contribution is -2.25. The van der Waals surface area contributed by atoms with Crippen LogP contribution in [-0.4, -0.2) is 29.7 Å². The van der Waals surface area contributed by atoms with Crippen LogP contribution in [0.1, 0.15) is 39.5 Å². The molecule has 0 bridgehead atoms. The van der Waals surface area contributed by atoms with E-state index in [9.17, 15) is 4.79 Å². The Hall–Kier alpha value is 0.170. The van der Waals surface area contributed by atoms with Gasteiger partial charge in [-0.15, -0.1) is 12.6 Å². The predicted molar refractivity (Wildman–Crippen MR) is 76.3 cm³/mol. The number of esters is 1. The molecule has 0 spiro atoms. The lowest BCUT2D eigenvalue weighted by molar-refractivity contribution is -0.141. The van der Waals surface area contributed by atoms with E-state index in [0.717, 1.165) is 18.8 Å². The van der Waals surface area contributed by atoms with E-state index in [4.69, 9.17) is 4.74 Å². The topological polar surface area (TPSA) is 26.3 Å². The Balaban J connectivity index is 3.41. The van der Waals surface area contributed by atoms with Crippen LogP contribution < -0.4 is 0 Å². The maximum Gasteiger partial charge on any atom is 0.370 e. The van der Waals surface area contributed by atoms with Crippen molar-refractivity contribution >= 4 is 29.5 Å². The van der Waals surface area contributed by atoms with Crippen LogP contribution in [0.3, 0.4) is 0 Å². The molecule has 4 heteroatoms. The number of carbonyl (C=O) groups is 1. The van der Waals surface area contributed by atoms with Crippen molar-refractivity contribution in [2.24, 2.45) is 5.92 Å². The van der Waals surface area contributed by atoms with Crippen molar-refractivity contribution in [1.29, 1.82) is 0 Å². The minimum atomic E-state index is -0.254. The molecule has 0 radical (unpaired) electrons. The predicted octanol–water partition coefficient (Wildman–Crippen LogP) is 2.88. The molecule has 0 heterocycles. The largest absolute Gasteiger partial charge is 0.461 e. The van der Waals surface area contributed by atoms with Gasteiger partial charge >= 0.3 is 5.97 Å². The number of rotatable bonds is 8. The van der Waals surface area contributed by atoms with Crippen molar-refractivity contribution < 1.29 is 9.53 Å². The van der Waals surface area contributed by atoms with Crippen molar-refractivity contribution in [1.82, 2.24) is 0 Å². The SMILES string of the molecule is CC(C)CCCCCOC(=O)C(S)[S+](C)C. The second kappa shape index (κ2) is 9.23. The van der Waals surface area contributed by atoms with E-state index in [-0.39, 0.29) is 21.4 Å². The molecule has 0 aliphatic carbocycles. The molecule has 16 heavy (non-hydrogen) atoms. The molecule has 0 fully saturated rings. The first-order valence-corrected chi connectivity index (χ1v) is 8.48. The Morgan fingerprint density at radius 1 is 1.25 bits per heavy atom. The number of carbonyl (C=O) groups excluding carboxylic acids is 1. The summed E-state index contributed by atoms with van der Waals surface area (Å²) in [5, 5.41) is 0. The van der Waals surface area contributed by atoms with Gasteiger partial charge in [-0.2, -0.15) is 0 Å². The summed E-state index contributed by atoms with van der Waals surface area (Å²) >= 11 is 4.23. The quantitative estimate of drug-likeness (QED) is 0.316. The molecule has 0 aliphatic rings. The van der Waals surface area contributed by atoms with Gasteiger partial charge in [-0.05, 0) is 12.3 Å². The molecular formula is C12H25O2S2+. The van der Waals surface area contributed by atoms with Gasteiger partial charge in [-0.3, -0.25) is 0 Å². The van der Waals surface area contributed by atoms with Crippen LogP contribution in [0.4, 0.5) is 0 Å². The fraction of sp³-hybridized carbons (Fsp3) is 0.917. The van der Waals surface area contributed by atoms with Crippen LogP contribution in [0.15, 0.2) is 0 Å². The maximum absolute atomic E-state index is 11.4. The first-order valence-electron chi connectivity index (χ1n) is 5.86. The highest BCUT2D eigenvalue weighted by Gasteiger charge is 2.26. The molecular weight excluding hydrogens is 240 g/mol. The van der Waals surface area contributed by atoms with E-state index in [2.05, 4.69) is 26.5 Å². The minimum Gasteiger partial charge on any atom is -0.461 e. The first-order chi connectivity index (χ1) is 7.45. The molecule has 2 nitrogen and oxygen atoms in total. The minimum absolute atomic E-state index is 0.0158. The van der Waals surface area contributed by atoms with E-state index in [1.165, 1.54) is 12.8 Å². The summed E-state index contributed by atoms with van der Waals surface area (Å²) in [4.78, 5) is 11.4. The Morgan fingerprint density at radius 2 is 1.88 bits per heavy atom. The van der Waals surface area contributed by atoms with Crippen LogP contribution in [0.2, 0.25) is 0 Å². The second-order valence-electron chi connectivity index (χ2n) is 4.64. The molecule has 0 aromatic rings. The molecule has 0 saturated heterocycles. The number of thiol groups is 1. The van der Waals surface area contributed by atoms with Crippen molar-refractivity contribution in [3.8, 4) is 0 Å². The Kier molecular flexibility index (Phi) is 9.32. The Labute approximate surface area is 108 Å². The standard InChI is InChI=1S/C12H24O2S2/c1-10(2)8-6-5-7-9-14-11(13)12(15)16(3)4/h10,12H,5-9H2,1-4H3/p+1. The van der Waals surface area contributed by atoms with Crippen LogP contribution in [0.5, 0.6) is 0 Å². The van der Waals surface area contributed by atoms with Gasteiger partial charge in [0.15, 0.2) is 0 Å². The molecule has 0 rings (SSSR count). The summed E-state index contributed by atoms with van der Waals surface area (Å²) in [6.45, 7) is 5.01. The van der Waals surface area contributed by atoms with E-state index < -0.39 is 0 Å². The Morgan fingerprint density at radius 3 is 2.38 bits per heavy atom. The molecule has 0 saturated carbocycles. The van der Waals surface area contributed by atoms with Crippen LogP contribution in [-0.2, 0) is 20.4 Å². The van der Waals surface area contributed by atoms with Gasteiger partial charge in [0.1, 0.15) is 0 Å². The zero-order valence-corrected chi connectivity index (χ0v) is 12.6. The highest BCUT2D eigenvalue weighted by molar-refractivity contribution is 8.08. The van der Waals surface area contributed by atoms with Gasteiger partial charge in [0, 0.05) is 10.9 Å². The first kappa shape index (κ1) is 16.2. The summed E-state index contributed by atoms with van der Waals surface area (Å²) in [7, 11) is -0.0158. The van der Waals surface area contributed by atoms with Gasteiger partial charge in [0.05, 0.1) is 19.1 Å². The van der Waals surface area contributed by atoms with E-state index in [1.54, 1.807) is 0 Å².